The van der Waals surface area contributed by atoms with Crippen molar-refractivity contribution in [3.05, 3.63) is 60.4 Å². The van der Waals surface area contributed by atoms with E-state index in [1.807, 2.05) is 12.1 Å². The molecule has 0 amide bonds. The number of hydrogen-bond acceptors (Lipinski definition) is 1. The molecule has 0 saturated heterocycles. The molecule has 0 saturated carbocycles. The maximum atomic E-state index is 12.7. The smallest absolute Gasteiger partial charge is 0.175 e. The molecule has 2 rings (SSSR count). The lowest BCUT2D eigenvalue weighted by atomic mass is 10.3. The first-order chi connectivity index (χ1) is 8.24. The molecule has 2 N–H and O–H groups in total. The highest BCUT2D eigenvalue weighted by molar-refractivity contribution is 7.80. The van der Waals surface area contributed by atoms with Crippen molar-refractivity contribution in [2.24, 2.45) is 0 Å². The largest absolute Gasteiger partial charge is 0.332 e. The molecule has 0 bridgehead atoms. The van der Waals surface area contributed by atoms with E-state index >= 15 is 0 Å². The summed E-state index contributed by atoms with van der Waals surface area (Å²) in [4.78, 5) is 0. The van der Waals surface area contributed by atoms with Crippen molar-refractivity contribution in [1.82, 2.24) is 0 Å². The van der Waals surface area contributed by atoms with Gasteiger partial charge >= 0.3 is 0 Å². The molecule has 85 valence electrons. The zero-order chi connectivity index (χ0) is 12.1. The van der Waals surface area contributed by atoms with Gasteiger partial charge in [0.2, 0.25) is 0 Å². The fourth-order valence-corrected chi connectivity index (χ4v) is 1.53. The van der Waals surface area contributed by atoms with Gasteiger partial charge in [0.15, 0.2) is 5.11 Å². The number of anilines is 2. The SMILES string of the molecule is Fc1ccc(NC(=S)Nc2cc[c]cc2)cc1. The molecule has 0 aliphatic heterocycles. The van der Waals surface area contributed by atoms with Gasteiger partial charge in [-0.1, -0.05) is 12.1 Å². The van der Waals surface area contributed by atoms with Crippen LogP contribution in [0.5, 0.6) is 0 Å². The Morgan fingerprint density at radius 1 is 0.941 bits per heavy atom. The number of thiocarbonyl (C=S) groups is 1. The predicted octanol–water partition coefficient (Wildman–Crippen LogP) is 3.43. The van der Waals surface area contributed by atoms with E-state index in [1.165, 1.54) is 12.1 Å². The number of rotatable bonds is 2. The number of halogens is 1. The molecule has 0 spiro atoms. The summed E-state index contributed by atoms with van der Waals surface area (Å²) in [6, 6.07) is 16.2. The van der Waals surface area contributed by atoms with E-state index in [1.54, 1.807) is 24.3 Å². The minimum absolute atomic E-state index is 0.270. The molecule has 1 radical (unpaired) electrons. The molecule has 0 aliphatic carbocycles. The Morgan fingerprint density at radius 2 is 1.47 bits per heavy atom. The summed E-state index contributed by atoms with van der Waals surface area (Å²) in [5.74, 6) is -0.270. The average molecular weight is 245 g/mol. The fourth-order valence-electron chi connectivity index (χ4n) is 1.30. The van der Waals surface area contributed by atoms with Crippen LogP contribution in [-0.2, 0) is 0 Å². The van der Waals surface area contributed by atoms with E-state index in [4.69, 9.17) is 12.2 Å². The van der Waals surface area contributed by atoms with Gasteiger partial charge in [0.1, 0.15) is 5.82 Å². The molecular weight excluding hydrogens is 235 g/mol. The van der Waals surface area contributed by atoms with E-state index < -0.39 is 0 Å². The van der Waals surface area contributed by atoms with Crippen molar-refractivity contribution in [3.8, 4) is 0 Å². The van der Waals surface area contributed by atoms with Crippen LogP contribution in [0, 0.1) is 11.9 Å². The van der Waals surface area contributed by atoms with Crippen LogP contribution in [0.4, 0.5) is 15.8 Å². The molecule has 2 aromatic carbocycles. The standard InChI is InChI=1S/C13H10FN2S/c14-10-6-8-12(9-7-10)16-13(17)15-11-4-2-1-3-5-11/h2-9H,(H2,15,16,17). The number of nitrogens with one attached hydrogen (secondary N) is 2. The highest BCUT2D eigenvalue weighted by Crippen LogP contribution is 2.10. The maximum Gasteiger partial charge on any atom is 0.175 e. The topological polar surface area (TPSA) is 24.1 Å². The Balaban J connectivity index is 1.96. The molecule has 0 heterocycles. The van der Waals surface area contributed by atoms with Crippen LogP contribution in [0.2, 0.25) is 0 Å². The van der Waals surface area contributed by atoms with Gasteiger partial charge in [0, 0.05) is 11.4 Å². The van der Waals surface area contributed by atoms with Gasteiger partial charge in [0.05, 0.1) is 0 Å². The van der Waals surface area contributed by atoms with Crippen molar-refractivity contribution in [3.63, 3.8) is 0 Å². The monoisotopic (exact) mass is 245 g/mol. The van der Waals surface area contributed by atoms with Gasteiger partial charge < -0.3 is 10.6 Å². The quantitative estimate of drug-likeness (QED) is 0.793. The molecule has 2 nitrogen and oxygen atoms in total. The van der Waals surface area contributed by atoms with E-state index in [0.29, 0.717) is 5.11 Å². The van der Waals surface area contributed by atoms with Gasteiger partial charge in [-0.25, -0.2) is 4.39 Å². The minimum Gasteiger partial charge on any atom is -0.332 e. The van der Waals surface area contributed by atoms with Crippen LogP contribution in [0.25, 0.3) is 0 Å². The van der Waals surface area contributed by atoms with Crippen molar-refractivity contribution < 1.29 is 4.39 Å². The van der Waals surface area contributed by atoms with Gasteiger partial charge in [-0.05, 0) is 54.7 Å². The third kappa shape index (κ3) is 3.53. The van der Waals surface area contributed by atoms with Crippen LogP contribution in [0.15, 0.2) is 48.5 Å². The molecule has 0 fully saturated rings. The fraction of sp³-hybridized carbons (Fsp3) is 0. The van der Waals surface area contributed by atoms with Crippen LogP contribution < -0.4 is 10.6 Å². The van der Waals surface area contributed by atoms with Crippen molar-refractivity contribution in [2.45, 2.75) is 0 Å². The molecule has 4 heteroatoms. The second-order valence-electron chi connectivity index (χ2n) is 3.37. The summed E-state index contributed by atoms with van der Waals surface area (Å²) >= 11 is 5.12. The molecule has 17 heavy (non-hydrogen) atoms. The summed E-state index contributed by atoms with van der Waals surface area (Å²) in [5.41, 5.74) is 1.62. The van der Waals surface area contributed by atoms with Crippen LogP contribution >= 0.6 is 12.2 Å². The molecule has 2 aromatic rings. The molecule has 0 aromatic heterocycles. The van der Waals surface area contributed by atoms with Crippen molar-refractivity contribution in [1.29, 1.82) is 0 Å². The predicted molar refractivity (Wildman–Crippen MR) is 71.5 cm³/mol. The second-order valence-corrected chi connectivity index (χ2v) is 3.78. The Kier molecular flexibility index (Phi) is 3.67. The van der Waals surface area contributed by atoms with Crippen LogP contribution in [0.1, 0.15) is 0 Å². The minimum atomic E-state index is -0.270. The first kappa shape index (κ1) is 11.5. The summed E-state index contributed by atoms with van der Waals surface area (Å²) in [5, 5.41) is 6.43. The van der Waals surface area contributed by atoms with E-state index in [2.05, 4.69) is 16.7 Å². The summed E-state index contributed by atoms with van der Waals surface area (Å²) in [7, 11) is 0. The third-order valence-corrected chi connectivity index (χ3v) is 2.28. The van der Waals surface area contributed by atoms with Gasteiger partial charge in [-0.15, -0.1) is 0 Å². The average Bonchev–Trinajstić information content (AvgIpc) is 2.33. The van der Waals surface area contributed by atoms with E-state index in [0.717, 1.165) is 11.4 Å². The first-order valence-electron chi connectivity index (χ1n) is 5.04. The third-order valence-electron chi connectivity index (χ3n) is 2.08. The van der Waals surface area contributed by atoms with E-state index in [-0.39, 0.29) is 5.82 Å². The summed E-state index contributed by atoms with van der Waals surface area (Å²) < 4.78 is 12.7. The number of benzene rings is 2. The molecule has 0 unspecified atom stereocenters. The lowest BCUT2D eigenvalue weighted by molar-refractivity contribution is 0.628. The first-order valence-corrected chi connectivity index (χ1v) is 5.44. The highest BCUT2D eigenvalue weighted by Gasteiger charge is 1.98. The van der Waals surface area contributed by atoms with Gasteiger partial charge in [-0.2, -0.15) is 0 Å². The Hall–Kier alpha value is -1.94. The van der Waals surface area contributed by atoms with Crippen LogP contribution in [-0.4, -0.2) is 5.11 Å². The lowest BCUT2D eigenvalue weighted by Crippen LogP contribution is -2.18. The maximum absolute atomic E-state index is 12.7. The zero-order valence-electron chi connectivity index (χ0n) is 8.91. The van der Waals surface area contributed by atoms with Crippen molar-refractivity contribution in [2.75, 3.05) is 10.6 Å². The molecule has 0 aliphatic rings. The van der Waals surface area contributed by atoms with Gasteiger partial charge in [-0.3, -0.25) is 0 Å². The molecule has 0 atom stereocenters. The van der Waals surface area contributed by atoms with Crippen molar-refractivity contribution >= 4 is 28.7 Å². The number of hydrogen-bond donors (Lipinski definition) is 2. The molecular formula is C13H10FN2S. The normalized spacial score (nSPS) is 9.71. The Bertz CT molecular complexity index is 497. The summed E-state index contributed by atoms with van der Waals surface area (Å²) in [6.45, 7) is 0. The Morgan fingerprint density at radius 3 is 2.06 bits per heavy atom. The highest BCUT2D eigenvalue weighted by atomic mass is 32.1. The van der Waals surface area contributed by atoms with Crippen LogP contribution in [0.3, 0.4) is 0 Å². The second kappa shape index (κ2) is 5.41. The summed E-state index contributed by atoms with van der Waals surface area (Å²) in [6.07, 6.45) is 0. The van der Waals surface area contributed by atoms with Gasteiger partial charge in [0.25, 0.3) is 0 Å². The lowest BCUT2D eigenvalue weighted by Gasteiger charge is -2.10. The van der Waals surface area contributed by atoms with E-state index in [9.17, 15) is 4.39 Å². The Labute approximate surface area is 104 Å². The zero-order valence-corrected chi connectivity index (χ0v) is 9.72.